The van der Waals surface area contributed by atoms with Gasteiger partial charge in [-0.05, 0) is 6.42 Å². The molecular formula is C10H15N3O3. The lowest BCUT2D eigenvalue weighted by Gasteiger charge is -2.15. The van der Waals surface area contributed by atoms with Gasteiger partial charge in [-0.25, -0.2) is 0 Å². The third-order valence-corrected chi connectivity index (χ3v) is 2.09. The molecule has 0 aliphatic rings. The molecule has 1 rings (SSSR count). The molecule has 0 bridgehead atoms. The standard InChI is InChI=1S/C10H15N3O3/c1-3-7(4-10(14)15)12-8-5-11-6-9(13-8)16-2/h5-7H,3-4H2,1-2H3,(H,12,13)(H,14,15). The predicted octanol–water partition coefficient (Wildman–Crippen LogP) is 1.15. The maximum atomic E-state index is 10.6. The first-order valence-electron chi connectivity index (χ1n) is 5.00. The van der Waals surface area contributed by atoms with Crippen LogP contribution in [0.5, 0.6) is 5.88 Å². The molecule has 0 spiro atoms. The SMILES string of the molecule is CCC(CC(=O)O)Nc1cncc(OC)n1. The van der Waals surface area contributed by atoms with Crippen LogP contribution in [-0.2, 0) is 4.79 Å². The number of carboxylic acid groups (broad SMARTS) is 1. The lowest BCUT2D eigenvalue weighted by Crippen LogP contribution is -2.22. The van der Waals surface area contributed by atoms with Gasteiger partial charge in [-0.3, -0.25) is 9.78 Å². The van der Waals surface area contributed by atoms with Gasteiger partial charge >= 0.3 is 5.97 Å². The fourth-order valence-electron chi connectivity index (χ4n) is 1.23. The Morgan fingerprint density at radius 3 is 2.94 bits per heavy atom. The molecule has 16 heavy (non-hydrogen) atoms. The van der Waals surface area contributed by atoms with Crippen LogP contribution in [0.3, 0.4) is 0 Å². The van der Waals surface area contributed by atoms with Crippen LogP contribution < -0.4 is 10.1 Å². The van der Waals surface area contributed by atoms with Crippen molar-refractivity contribution in [3.05, 3.63) is 12.4 Å². The van der Waals surface area contributed by atoms with Crippen molar-refractivity contribution in [3.8, 4) is 5.88 Å². The summed E-state index contributed by atoms with van der Waals surface area (Å²) in [6.07, 6.45) is 3.77. The fourth-order valence-corrected chi connectivity index (χ4v) is 1.23. The molecule has 0 aliphatic heterocycles. The molecule has 1 heterocycles. The molecule has 6 heteroatoms. The summed E-state index contributed by atoms with van der Waals surface area (Å²) >= 11 is 0. The lowest BCUT2D eigenvalue weighted by atomic mass is 10.1. The molecule has 0 radical (unpaired) electrons. The Hall–Kier alpha value is -1.85. The maximum absolute atomic E-state index is 10.6. The van der Waals surface area contributed by atoms with Gasteiger partial charge in [0.25, 0.3) is 0 Å². The molecule has 2 N–H and O–H groups in total. The highest BCUT2D eigenvalue weighted by atomic mass is 16.5. The minimum atomic E-state index is -0.838. The molecule has 6 nitrogen and oxygen atoms in total. The Kier molecular flexibility index (Phi) is 4.50. The molecule has 1 unspecified atom stereocenters. The van der Waals surface area contributed by atoms with Crippen molar-refractivity contribution < 1.29 is 14.6 Å². The van der Waals surface area contributed by atoms with E-state index in [2.05, 4.69) is 15.3 Å². The van der Waals surface area contributed by atoms with E-state index in [1.165, 1.54) is 19.5 Å². The summed E-state index contributed by atoms with van der Waals surface area (Å²) in [4.78, 5) is 18.6. The van der Waals surface area contributed by atoms with E-state index in [9.17, 15) is 4.79 Å². The summed E-state index contributed by atoms with van der Waals surface area (Å²) in [6.45, 7) is 1.91. The van der Waals surface area contributed by atoms with E-state index >= 15 is 0 Å². The second-order valence-electron chi connectivity index (χ2n) is 3.29. The number of rotatable bonds is 6. The van der Waals surface area contributed by atoms with Crippen molar-refractivity contribution in [2.24, 2.45) is 0 Å². The number of ether oxygens (including phenoxy) is 1. The molecule has 0 saturated heterocycles. The van der Waals surface area contributed by atoms with E-state index < -0.39 is 5.97 Å². The fraction of sp³-hybridized carbons (Fsp3) is 0.500. The van der Waals surface area contributed by atoms with E-state index in [0.717, 1.165) is 0 Å². The number of aliphatic carboxylic acids is 1. The van der Waals surface area contributed by atoms with Crippen LogP contribution in [-0.4, -0.2) is 34.2 Å². The molecule has 0 saturated carbocycles. The van der Waals surface area contributed by atoms with Crippen molar-refractivity contribution >= 4 is 11.8 Å². The Labute approximate surface area is 93.7 Å². The Bertz CT molecular complexity index is 357. The van der Waals surface area contributed by atoms with E-state index in [1.807, 2.05) is 6.92 Å². The van der Waals surface area contributed by atoms with E-state index in [1.54, 1.807) is 0 Å². The number of methoxy groups -OCH3 is 1. The molecule has 0 fully saturated rings. The smallest absolute Gasteiger partial charge is 0.305 e. The highest BCUT2D eigenvalue weighted by molar-refractivity contribution is 5.68. The first-order valence-corrected chi connectivity index (χ1v) is 5.00. The summed E-state index contributed by atoms with van der Waals surface area (Å²) in [5, 5.41) is 11.7. The summed E-state index contributed by atoms with van der Waals surface area (Å²) in [7, 11) is 1.50. The monoisotopic (exact) mass is 225 g/mol. The number of anilines is 1. The van der Waals surface area contributed by atoms with Gasteiger partial charge in [0.05, 0.1) is 25.9 Å². The summed E-state index contributed by atoms with van der Waals surface area (Å²) in [5.41, 5.74) is 0. The zero-order chi connectivity index (χ0) is 12.0. The molecule has 0 amide bonds. The van der Waals surface area contributed by atoms with Crippen LogP contribution in [0.15, 0.2) is 12.4 Å². The van der Waals surface area contributed by atoms with Crippen LogP contribution in [0.2, 0.25) is 0 Å². The Morgan fingerprint density at radius 2 is 2.38 bits per heavy atom. The quantitative estimate of drug-likeness (QED) is 0.755. The van der Waals surface area contributed by atoms with E-state index in [-0.39, 0.29) is 12.5 Å². The first kappa shape index (κ1) is 12.2. The minimum Gasteiger partial charge on any atom is -0.481 e. The van der Waals surface area contributed by atoms with Crippen molar-refractivity contribution in [2.75, 3.05) is 12.4 Å². The van der Waals surface area contributed by atoms with Gasteiger partial charge < -0.3 is 15.2 Å². The van der Waals surface area contributed by atoms with Crippen LogP contribution in [0.1, 0.15) is 19.8 Å². The Morgan fingerprint density at radius 1 is 1.62 bits per heavy atom. The minimum absolute atomic E-state index is 0.0510. The van der Waals surface area contributed by atoms with E-state index in [0.29, 0.717) is 18.1 Å². The highest BCUT2D eigenvalue weighted by Gasteiger charge is 2.11. The third kappa shape index (κ3) is 3.72. The van der Waals surface area contributed by atoms with Crippen LogP contribution in [0, 0.1) is 0 Å². The van der Waals surface area contributed by atoms with Crippen molar-refractivity contribution in [1.29, 1.82) is 0 Å². The topological polar surface area (TPSA) is 84.3 Å². The number of carbonyl (C=O) groups is 1. The van der Waals surface area contributed by atoms with Gasteiger partial charge in [0.1, 0.15) is 5.82 Å². The van der Waals surface area contributed by atoms with Gasteiger partial charge in [-0.15, -0.1) is 0 Å². The van der Waals surface area contributed by atoms with Gasteiger partial charge in [0.15, 0.2) is 0 Å². The van der Waals surface area contributed by atoms with Crippen LogP contribution >= 0.6 is 0 Å². The number of aromatic nitrogens is 2. The second kappa shape index (κ2) is 5.89. The maximum Gasteiger partial charge on any atom is 0.305 e. The average molecular weight is 225 g/mol. The van der Waals surface area contributed by atoms with Gasteiger partial charge in [0.2, 0.25) is 5.88 Å². The number of hydrogen-bond donors (Lipinski definition) is 2. The number of nitrogens with one attached hydrogen (secondary N) is 1. The zero-order valence-corrected chi connectivity index (χ0v) is 9.30. The molecule has 88 valence electrons. The van der Waals surface area contributed by atoms with Gasteiger partial charge in [-0.1, -0.05) is 6.92 Å². The predicted molar refractivity (Wildman–Crippen MR) is 58.5 cm³/mol. The molecule has 0 aliphatic carbocycles. The second-order valence-corrected chi connectivity index (χ2v) is 3.29. The summed E-state index contributed by atoms with van der Waals surface area (Å²) < 4.78 is 4.92. The van der Waals surface area contributed by atoms with Crippen LogP contribution in [0.4, 0.5) is 5.82 Å². The number of hydrogen-bond acceptors (Lipinski definition) is 5. The molecular weight excluding hydrogens is 210 g/mol. The average Bonchev–Trinajstić information content (AvgIpc) is 2.28. The highest BCUT2D eigenvalue weighted by Crippen LogP contribution is 2.11. The molecule has 0 aromatic carbocycles. The van der Waals surface area contributed by atoms with E-state index in [4.69, 9.17) is 9.84 Å². The van der Waals surface area contributed by atoms with Crippen molar-refractivity contribution in [3.63, 3.8) is 0 Å². The normalized spacial score (nSPS) is 11.9. The van der Waals surface area contributed by atoms with Gasteiger partial charge in [-0.2, -0.15) is 4.98 Å². The molecule has 1 aromatic rings. The Balaban J connectivity index is 2.65. The largest absolute Gasteiger partial charge is 0.481 e. The summed E-state index contributed by atoms with van der Waals surface area (Å²) in [5.74, 6) is 0.0813. The summed E-state index contributed by atoms with van der Waals surface area (Å²) in [6, 6.07) is -0.154. The zero-order valence-electron chi connectivity index (χ0n) is 9.30. The van der Waals surface area contributed by atoms with Crippen molar-refractivity contribution in [1.82, 2.24) is 9.97 Å². The number of nitrogens with zero attached hydrogens (tertiary/aromatic N) is 2. The van der Waals surface area contributed by atoms with Gasteiger partial charge in [0, 0.05) is 6.04 Å². The third-order valence-electron chi connectivity index (χ3n) is 2.09. The molecule has 1 atom stereocenters. The molecule has 1 aromatic heterocycles. The first-order chi connectivity index (χ1) is 7.65. The van der Waals surface area contributed by atoms with Crippen molar-refractivity contribution in [2.45, 2.75) is 25.8 Å². The lowest BCUT2D eigenvalue weighted by molar-refractivity contribution is -0.137. The number of carboxylic acids is 1. The van der Waals surface area contributed by atoms with Crippen LogP contribution in [0.25, 0.3) is 0 Å².